The first-order chi connectivity index (χ1) is 10.8. The van der Waals surface area contributed by atoms with E-state index in [9.17, 15) is 0 Å². The van der Waals surface area contributed by atoms with Gasteiger partial charge in [-0.2, -0.15) is 0 Å². The van der Waals surface area contributed by atoms with Gasteiger partial charge in [0.2, 0.25) is 0 Å². The summed E-state index contributed by atoms with van der Waals surface area (Å²) >= 11 is 0. The molecule has 0 fully saturated rings. The lowest BCUT2D eigenvalue weighted by Gasteiger charge is -2.03. The zero-order valence-electron chi connectivity index (χ0n) is 13.3. The quantitative estimate of drug-likeness (QED) is 0.615. The first-order valence-corrected chi connectivity index (χ1v) is 7.57. The zero-order chi connectivity index (χ0) is 15.4. The largest absolute Gasteiger partial charge is 1.00 e. The molecule has 0 radical (unpaired) electrons. The maximum Gasteiger partial charge on any atom is 0.253 e. The molecule has 0 aliphatic heterocycles. The SMILES string of the molecule is C=Cc1ccc(Cn2cc[n+](Cc3ccccc3)c2C)cc1.[Cl-]. The third-order valence-corrected chi connectivity index (χ3v) is 4.02. The summed E-state index contributed by atoms with van der Waals surface area (Å²) in [6, 6.07) is 19.1. The number of hydrogen-bond donors (Lipinski definition) is 0. The summed E-state index contributed by atoms with van der Waals surface area (Å²) in [4.78, 5) is 0. The average molecular weight is 325 g/mol. The monoisotopic (exact) mass is 324 g/mol. The molecule has 1 aromatic heterocycles. The standard InChI is InChI=1S/C20H21N2.ClH/c1-3-18-9-11-20(12-10-18)16-22-14-13-21(17(22)2)15-19-7-5-4-6-8-19;/h3-14H,1,15-16H2,2H3;1H/q+1;/p-1. The number of hydrogen-bond acceptors (Lipinski definition) is 0. The van der Waals surface area contributed by atoms with Crippen LogP contribution in [0.4, 0.5) is 0 Å². The van der Waals surface area contributed by atoms with Gasteiger partial charge in [-0.15, -0.1) is 0 Å². The van der Waals surface area contributed by atoms with E-state index in [2.05, 4.69) is 89.6 Å². The Kier molecular flexibility index (Phi) is 5.78. The molecule has 0 aliphatic rings. The Balaban J connectivity index is 0.00000192. The molecule has 2 aromatic carbocycles. The lowest BCUT2D eigenvalue weighted by atomic mass is 10.1. The van der Waals surface area contributed by atoms with Crippen molar-refractivity contribution >= 4 is 6.08 Å². The molecule has 0 saturated heterocycles. The van der Waals surface area contributed by atoms with Crippen molar-refractivity contribution < 1.29 is 17.0 Å². The smallest absolute Gasteiger partial charge is 0.253 e. The Morgan fingerprint density at radius 1 is 1.00 bits per heavy atom. The lowest BCUT2D eigenvalue weighted by molar-refractivity contribution is -0.693. The molecule has 118 valence electrons. The molecular formula is C20H21ClN2. The first-order valence-electron chi connectivity index (χ1n) is 7.57. The van der Waals surface area contributed by atoms with Gasteiger partial charge in [-0.1, -0.05) is 67.3 Å². The van der Waals surface area contributed by atoms with E-state index in [0.29, 0.717) is 0 Å². The van der Waals surface area contributed by atoms with Crippen LogP contribution in [-0.2, 0) is 13.1 Å². The normalized spacial score (nSPS) is 10.1. The Labute approximate surface area is 144 Å². The summed E-state index contributed by atoms with van der Waals surface area (Å²) in [5, 5.41) is 0. The lowest BCUT2D eigenvalue weighted by Crippen LogP contribution is -3.00. The number of imidazole rings is 1. The summed E-state index contributed by atoms with van der Waals surface area (Å²) in [6.45, 7) is 7.77. The van der Waals surface area contributed by atoms with Gasteiger partial charge in [0.25, 0.3) is 5.82 Å². The topological polar surface area (TPSA) is 8.81 Å². The van der Waals surface area contributed by atoms with Crippen LogP contribution in [-0.4, -0.2) is 4.57 Å². The van der Waals surface area contributed by atoms with Gasteiger partial charge in [0.15, 0.2) is 0 Å². The van der Waals surface area contributed by atoms with Crippen LogP contribution < -0.4 is 17.0 Å². The summed E-state index contributed by atoms with van der Waals surface area (Å²) < 4.78 is 4.57. The Bertz CT molecular complexity index is 758. The van der Waals surface area contributed by atoms with Gasteiger partial charge in [-0.3, -0.25) is 0 Å². The van der Waals surface area contributed by atoms with E-state index in [4.69, 9.17) is 0 Å². The third kappa shape index (κ3) is 4.11. The van der Waals surface area contributed by atoms with Gasteiger partial charge in [-0.05, 0) is 16.7 Å². The molecule has 0 atom stereocenters. The second kappa shape index (κ2) is 7.80. The van der Waals surface area contributed by atoms with E-state index in [1.54, 1.807) is 0 Å². The fraction of sp³-hybridized carbons (Fsp3) is 0.150. The van der Waals surface area contributed by atoms with Crippen molar-refractivity contribution in [2.24, 2.45) is 0 Å². The number of rotatable bonds is 5. The van der Waals surface area contributed by atoms with Gasteiger partial charge in [0.1, 0.15) is 25.5 Å². The minimum Gasteiger partial charge on any atom is -1.00 e. The molecule has 2 nitrogen and oxygen atoms in total. The van der Waals surface area contributed by atoms with Crippen LogP contribution in [0.1, 0.15) is 22.5 Å². The van der Waals surface area contributed by atoms with Crippen LogP contribution in [0.15, 0.2) is 73.6 Å². The van der Waals surface area contributed by atoms with Crippen LogP contribution in [0, 0.1) is 6.92 Å². The highest BCUT2D eigenvalue weighted by molar-refractivity contribution is 5.47. The second-order valence-electron chi connectivity index (χ2n) is 5.53. The fourth-order valence-corrected chi connectivity index (χ4v) is 2.61. The van der Waals surface area contributed by atoms with E-state index < -0.39 is 0 Å². The van der Waals surface area contributed by atoms with E-state index in [1.165, 1.54) is 17.0 Å². The van der Waals surface area contributed by atoms with Crippen LogP contribution in [0.5, 0.6) is 0 Å². The van der Waals surface area contributed by atoms with Crippen molar-refractivity contribution in [1.82, 2.24) is 4.57 Å². The van der Waals surface area contributed by atoms with Gasteiger partial charge in [0.05, 0.1) is 0 Å². The van der Waals surface area contributed by atoms with E-state index in [0.717, 1.165) is 18.7 Å². The molecule has 0 aliphatic carbocycles. The molecule has 0 amide bonds. The summed E-state index contributed by atoms with van der Waals surface area (Å²) in [5.74, 6) is 1.26. The Morgan fingerprint density at radius 3 is 2.35 bits per heavy atom. The summed E-state index contributed by atoms with van der Waals surface area (Å²) in [6.07, 6.45) is 6.18. The van der Waals surface area contributed by atoms with Crippen molar-refractivity contribution in [3.63, 3.8) is 0 Å². The van der Waals surface area contributed by atoms with Crippen molar-refractivity contribution in [1.29, 1.82) is 0 Å². The van der Waals surface area contributed by atoms with Crippen LogP contribution >= 0.6 is 0 Å². The maximum atomic E-state index is 3.79. The highest BCUT2D eigenvalue weighted by atomic mass is 35.5. The Morgan fingerprint density at radius 2 is 1.70 bits per heavy atom. The van der Waals surface area contributed by atoms with E-state index >= 15 is 0 Å². The van der Waals surface area contributed by atoms with E-state index in [1.807, 2.05) is 6.08 Å². The predicted octanol–water partition coefficient (Wildman–Crippen LogP) is 0.828. The minimum atomic E-state index is 0. The van der Waals surface area contributed by atoms with E-state index in [-0.39, 0.29) is 12.4 Å². The van der Waals surface area contributed by atoms with Gasteiger partial charge < -0.3 is 12.4 Å². The molecule has 0 spiro atoms. The fourth-order valence-electron chi connectivity index (χ4n) is 2.61. The van der Waals surface area contributed by atoms with Gasteiger partial charge in [-0.25, -0.2) is 9.13 Å². The number of nitrogens with zero attached hydrogens (tertiary/aromatic N) is 2. The molecule has 0 unspecified atom stereocenters. The first kappa shape index (κ1) is 17.0. The predicted molar refractivity (Wildman–Crippen MR) is 90.5 cm³/mol. The molecule has 23 heavy (non-hydrogen) atoms. The number of aromatic nitrogens is 2. The van der Waals surface area contributed by atoms with Crippen LogP contribution in [0.25, 0.3) is 6.08 Å². The zero-order valence-corrected chi connectivity index (χ0v) is 14.1. The molecule has 0 saturated carbocycles. The van der Waals surface area contributed by atoms with Crippen LogP contribution in [0.2, 0.25) is 0 Å². The van der Waals surface area contributed by atoms with Crippen molar-refractivity contribution in [3.8, 4) is 0 Å². The minimum absolute atomic E-state index is 0. The average Bonchev–Trinajstić information content (AvgIpc) is 2.90. The number of halogens is 1. The van der Waals surface area contributed by atoms with Crippen LogP contribution in [0.3, 0.4) is 0 Å². The van der Waals surface area contributed by atoms with Gasteiger partial charge >= 0.3 is 0 Å². The maximum absolute atomic E-state index is 3.79. The molecular weight excluding hydrogens is 304 g/mol. The molecule has 0 bridgehead atoms. The highest BCUT2D eigenvalue weighted by Crippen LogP contribution is 2.08. The number of benzene rings is 2. The van der Waals surface area contributed by atoms with Crippen molar-refractivity contribution in [2.75, 3.05) is 0 Å². The molecule has 0 N–H and O–H groups in total. The third-order valence-electron chi connectivity index (χ3n) is 4.02. The second-order valence-corrected chi connectivity index (χ2v) is 5.53. The molecule has 1 heterocycles. The molecule has 3 heteroatoms. The summed E-state index contributed by atoms with van der Waals surface area (Å²) in [7, 11) is 0. The highest BCUT2D eigenvalue weighted by Gasteiger charge is 2.12. The van der Waals surface area contributed by atoms with Crippen molar-refractivity contribution in [2.45, 2.75) is 20.0 Å². The molecule has 3 rings (SSSR count). The van der Waals surface area contributed by atoms with Crippen molar-refractivity contribution in [3.05, 3.63) is 96.1 Å². The molecule has 3 aromatic rings. The van der Waals surface area contributed by atoms with Gasteiger partial charge in [0, 0.05) is 6.92 Å². The Hall–Kier alpha value is -2.32. The summed E-state index contributed by atoms with van der Waals surface area (Å²) in [5.41, 5.74) is 3.78.